The van der Waals surface area contributed by atoms with Crippen LogP contribution in [0.1, 0.15) is 30.7 Å². The van der Waals surface area contributed by atoms with Crippen molar-refractivity contribution in [3.05, 3.63) is 47.4 Å². The van der Waals surface area contributed by atoms with Crippen LogP contribution in [0.5, 0.6) is 11.5 Å². The van der Waals surface area contributed by atoms with E-state index in [4.69, 9.17) is 18.6 Å². The fourth-order valence-electron chi connectivity index (χ4n) is 3.19. The monoisotopic (exact) mass is 345 g/mol. The van der Waals surface area contributed by atoms with E-state index in [1.165, 1.54) is 5.56 Å². The van der Waals surface area contributed by atoms with Crippen LogP contribution in [-0.2, 0) is 24.2 Å². The Morgan fingerprint density at radius 1 is 1.28 bits per heavy atom. The second-order valence-corrected chi connectivity index (χ2v) is 6.42. The van der Waals surface area contributed by atoms with E-state index < -0.39 is 0 Å². The minimum absolute atomic E-state index is 0.229. The molecule has 0 fully saturated rings. The number of fused-ring (bicyclic) bond motifs is 1. The Labute approximate surface area is 149 Å². The highest BCUT2D eigenvalue weighted by atomic mass is 16.5. The Bertz CT molecular complexity index is 669. The first-order valence-electron chi connectivity index (χ1n) is 8.88. The number of methoxy groups -OCH3 is 1. The van der Waals surface area contributed by atoms with Crippen molar-refractivity contribution in [3.63, 3.8) is 0 Å². The number of hydrogen-bond acceptors (Lipinski definition) is 5. The Balaban J connectivity index is 1.81. The maximum Gasteiger partial charge on any atom is 0.124 e. The van der Waals surface area contributed by atoms with Crippen LogP contribution in [0, 0.1) is 0 Å². The van der Waals surface area contributed by atoms with Gasteiger partial charge in [0.2, 0.25) is 0 Å². The van der Waals surface area contributed by atoms with Crippen LogP contribution in [0.25, 0.3) is 0 Å². The number of furan rings is 1. The Hall–Kier alpha value is -1.98. The molecule has 1 aliphatic rings. The van der Waals surface area contributed by atoms with Gasteiger partial charge >= 0.3 is 0 Å². The summed E-state index contributed by atoms with van der Waals surface area (Å²) in [6.07, 6.45) is 2.88. The van der Waals surface area contributed by atoms with E-state index in [9.17, 15) is 0 Å². The molecule has 1 atom stereocenters. The van der Waals surface area contributed by atoms with Crippen LogP contribution in [0.3, 0.4) is 0 Å². The predicted molar refractivity (Wildman–Crippen MR) is 96.1 cm³/mol. The van der Waals surface area contributed by atoms with Crippen molar-refractivity contribution in [1.82, 2.24) is 4.90 Å². The van der Waals surface area contributed by atoms with Gasteiger partial charge in [0.15, 0.2) is 0 Å². The van der Waals surface area contributed by atoms with Crippen molar-refractivity contribution in [2.75, 3.05) is 26.9 Å². The minimum atomic E-state index is 0.229. The number of benzene rings is 1. The van der Waals surface area contributed by atoms with E-state index in [2.05, 4.69) is 24.0 Å². The lowest BCUT2D eigenvalue weighted by atomic mass is 10.1. The topological polar surface area (TPSA) is 44.1 Å². The summed E-state index contributed by atoms with van der Waals surface area (Å²) in [5, 5.41) is 0. The maximum absolute atomic E-state index is 5.93. The van der Waals surface area contributed by atoms with Gasteiger partial charge in [0.1, 0.15) is 23.4 Å². The molecule has 2 aromatic rings. The van der Waals surface area contributed by atoms with Gasteiger partial charge in [-0.2, -0.15) is 0 Å². The third kappa shape index (κ3) is 4.55. The number of rotatable bonds is 9. The van der Waals surface area contributed by atoms with Crippen molar-refractivity contribution in [2.24, 2.45) is 0 Å². The third-order valence-electron chi connectivity index (χ3n) is 4.34. The lowest BCUT2D eigenvalue weighted by molar-refractivity contribution is 0.134. The van der Waals surface area contributed by atoms with Crippen LogP contribution in [0.4, 0.5) is 0 Å². The molecule has 0 saturated heterocycles. The van der Waals surface area contributed by atoms with Crippen LogP contribution in [0.15, 0.2) is 34.9 Å². The zero-order valence-corrected chi connectivity index (χ0v) is 15.3. The molecule has 1 aliphatic heterocycles. The van der Waals surface area contributed by atoms with E-state index in [1.54, 1.807) is 13.4 Å². The number of hydrogen-bond donors (Lipinski definition) is 0. The highest BCUT2D eigenvalue weighted by Crippen LogP contribution is 2.35. The summed E-state index contributed by atoms with van der Waals surface area (Å²) in [6.45, 7) is 7.74. The molecule has 0 amide bonds. The second-order valence-electron chi connectivity index (χ2n) is 6.42. The molecule has 0 aliphatic carbocycles. The Morgan fingerprint density at radius 2 is 2.16 bits per heavy atom. The van der Waals surface area contributed by atoms with E-state index in [0.717, 1.165) is 48.9 Å². The van der Waals surface area contributed by atoms with Gasteiger partial charge in [-0.1, -0.05) is 0 Å². The molecule has 5 heteroatoms. The summed E-state index contributed by atoms with van der Waals surface area (Å²) >= 11 is 0. The highest BCUT2D eigenvalue weighted by Gasteiger charge is 2.23. The normalized spacial score (nSPS) is 16.1. The molecule has 0 bridgehead atoms. The lowest BCUT2D eigenvalue weighted by Gasteiger charge is -2.23. The maximum atomic E-state index is 5.93. The average Bonchev–Trinajstić information content (AvgIpc) is 3.21. The van der Waals surface area contributed by atoms with E-state index in [0.29, 0.717) is 13.2 Å². The smallest absolute Gasteiger partial charge is 0.124 e. The van der Waals surface area contributed by atoms with Gasteiger partial charge in [0.05, 0.1) is 26.0 Å². The average molecular weight is 345 g/mol. The summed E-state index contributed by atoms with van der Waals surface area (Å²) in [7, 11) is 1.72. The van der Waals surface area contributed by atoms with Gasteiger partial charge in [0, 0.05) is 37.7 Å². The van der Waals surface area contributed by atoms with Gasteiger partial charge in [0.25, 0.3) is 0 Å². The molecule has 25 heavy (non-hydrogen) atoms. The van der Waals surface area contributed by atoms with Crippen LogP contribution in [0.2, 0.25) is 0 Å². The minimum Gasteiger partial charge on any atom is -0.494 e. The van der Waals surface area contributed by atoms with Gasteiger partial charge < -0.3 is 18.6 Å². The third-order valence-corrected chi connectivity index (χ3v) is 4.34. The van der Waals surface area contributed by atoms with Crippen molar-refractivity contribution >= 4 is 0 Å². The molecule has 0 spiro atoms. The number of nitrogens with zero attached hydrogens (tertiary/aromatic N) is 1. The van der Waals surface area contributed by atoms with Gasteiger partial charge in [-0.25, -0.2) is 0 Å². The molecule has 5 nitrogen and oxygen atoms in total. The van der Waals surface area contributed by atoms with Crippen molar-refractivity contribution < 1.29 is 18.6 Å². The molecule has 3 rings (SSSR count). The molecule has 136 valence electrons. The predicted octanol–water partition coefficient (Wildman–Crippen LogP) is 3.65. The molecule has 2 heterocycles. The molecular weight excluding hydrogens is 318 g/mol. The molecular formula is C20H27NO4. The Kier molecular flexibility index (Phi) is 6.00. The van der Waals surface area contributed by atoms with Crippen LogP contribution in [-0.4, -0.2) is 37.9 Å². The molecule has 0 saturated carbocycles. The first-order chi connectivity index (χ1) is 12.2. The summed E-state index contributed by atoms with van der Waals surface area (Å²) in [4.78, 5) is 2.30. The summed E-state index contributed by atoms with van der Waals surface area (Å²) in [6, 6.07) is 8.18. The van der Waals surface area contributed by atoms with Gasteiger partial charge in [-0.3, -0.25) is 4.90 Å². The molecule has 1 unspecified atom stereocenters. The van der Waals surface area contributed by atoms with Crippen molar-refractivity contribution in [3.8, 4) is 11.5 Å². The van der Waals surface area contributed by atoms with Gasteiger partial charge in [-0.15, -0.1) is 0 Å². The molecule has 0 radical (unpaired) electrons. The summed E-state index contributed by atoms with van der Waals surface area (Å²) < 4.78 is 22.6. The van der Waals surface area contributed by atoms with E-state index in [1.807, 2.05) is 19.1 Å². The van der Waals surface area contributed by atoms with Crippen LogP contribution < -0.4 is 9.47 Å². The fraction of sp³-hybridized carbons (Fsp3) is 0.500. The summed E-state index contributed by atoms with van der Waals surface area (Å²) in [5.41, 5.74) is 2.37. The number of ether oxygens (including phenoxy) is 3. The Morgan fingerprint density at radius 3 is 2.88 bits per heavy atom. The first kappa shape index (κ1) is 17.8. The summed E-state index contributed by atoms with van der Waals surface area (Å²) in [5.74, 6) is 2.87. The fourth-order valence-corrected chi connectivity index (χ4v) is 3.19. The van der Waals surface area contributed by atoms with Crippen molar-refractivity contribution in [1.29, 1.82) is 0 Å². The van der Waals surface area contributed by atoms with E-state index in [-0.39, 0.29) is 6.10 Å². The SMILES string of the molecule is CCOc1cc2c(cc1CN(CCOC)Cc1ccco1)OC(C)C2. The first-order valence-corrected chi connectivity index (χ1v) is 8.88. The van der Waals surface area contributed by atoms with Crippen LogP contribution >= 0.6 is 0 Å². The molecule has 0 N–H and O–H groups in total. The van der Waals surface area contributed by atoms with Crippen molar-refractivity contribution in [2.45, 2.75) is 39.5 Å². The zero-order chi connectivity index (χ0) is 17.6. The zero-order valence-electron chi connectivity index (χ0n) is 15.3. The standard InChI is InChI=1S/C20H27NO4/c1-4-23-19-11-16-10-15(2)25-20(16)12-17(19)13-21(7-9-22-3)14-18-6-5-8-24-18/h5-6,8,11-12,15H,4,7,9-10,13-14H2,1-3H3. The highest BCUT2D eigenvalue weighted by molar-refractivity contribution is 5.48. The van der Waals surface area contributed by atoms with Gasteiger partial charge in [-0.05, 0) is 38.1 Å². The van der Waals surface area contributed by atoms with E-state index >= 15 is 0 Å². The largest absolute Gasteiger partial charge is 0.494 e. The quantitative estimate of drug-likeness (QED) is 0.694. The lowest BCUT2D eigenvalue weighted by Crippen LogP contribution is -2.26. The molecule has 1 aromatic carbocycles. The molecule has 1 aromatic heterocycles. The second kappa shape index (κ2) is 8.41.